The van der Waals surface area contributed by atoms with Gasteiger partial charge < -0.3 is 9.84 Å². The fourth-order valence-electron chi connectivity index (χ4n) is 2.60. The molecule has 2 rings (SSSR count). The van der Waals surface area contributed by atoms with Gasteiger partial charge in [-0.3, -0.25) is 14.5 Å². The summed E-state index contributed by atoms with van der Waals surface area (Å²) in [7, 11) is 0. The van der Waals surface area contributed by atoms with E-state index in [0.29, 0.717) is 25.9 Å². The lowest BCUT2D eigenvalue weighted by molar-refractivity contribution is -0.148. The van der Waals surface area contributed by atoms with Gasteiger partial charge in [0.25, 0.3) is 0 Å². The first-order valence-corrected chi connectivity index (χ1v) is 6.41. The number of ether oxygens (including phenoxy) is 1. The summed E-state index contributed by atoms with van der Waals surface area (Å²) in [6, 6.07) is 0. The summed E-state index contributed by atoms with van der Waals surface area (Å²) in [5.74, 6) is -1.13. The highest BCUT2D eigenvalue weighted by molar-refractivity contribution is 5.94. The Bertz CT molecular complexity index is 411. The van der Waals surface area contributed by atoms with Crippen LogP contribution in [0.1, 0.15) is 19.8 Å². The Balaban J connectivity index is 1.93. The zero-order chi connectivity index (χ0) is 14.0. The number of aliphatic carboxylic acids is 1. The lowest BCUT2D eigenvalue weighted by Gasteiger charge is -2.23. The molecule has 1 unspecified atom stereocenters. The lowest BCUT2D eigenvalue weighted by atomic mass is 9.84. The summed E-state index contributed by atoms with van der Waals surface area (Å²) < 4.78 is 4.70. The minimum atomic E-state index is -0.814. The number of rotatable bonds is 4. The van der Waals surface area contributed by atoms with Crippen molar-refractivity contribution >= 4 is 18.0 Å². The van der Waals surface area contributed by atoms with Gasteiger partial charge in [-0.2, -0.15) is 0 Å². The molecule has 1 atom stereocenters. The van der Waals surface area contributed by atoms with Crippen molar-refractivity contribution in [3.63, 3.8) is 0 Å². The van der Waals surface area contributed by atoms with Crippen LogP contribution in [-0.2, 0) is 14.3 Å². The summed E-state index contributed by atoms with van der Waals surface area (Å²) in [5, 5.41) is 9.27. The molecule has 7 nitrogen and oxygen atoms in total. The Morgan fingerprint density at radius 3 is 2.63 bits per heavy atom. The van der Waals surface area contributed by atoms with Gasteiger partial charge in [-0.15, -0.1) is 0 Å². The monoisotopic (exact) mass is 270 g/mol. The van der Waals surface area contributed by atoms with Gasteiger partial charge in [0.05, 0.1) is 18.5 Å². The van der Waals surface area contributed by atoms with Crippen LogP contribution in [0.25, 0.3) is 0 Å². The SMILES string of the molecule is CCC1(C(=O)O)CCN(CC(=O)N2CCOC2=O)C1. The van der Waals surface area contributed by atoms with E-state index >= 15 is 0 Å². The fourth-order valence-corrected chi connectivity index (χ4v) is 2.60. The molecule has 0 spiro atoms. The highest BCUT2D eigenvalue weighted by Crippen LogP contribution is 2.34. The molecule has 0 aromatic heterocycles. The molecule has 7 heteroatoms. The Labute approximate surface area is 111 Å². The van der Waals surface area contributed by atoms with Crippen LogP contribution in [0.2, 0.25) is 0 Å². The molecule has 2 aliphatic heterocycles. The first-order chi connectivity index (χ1) is 8.98. The Morgan fingerprint density at radius 1 is 1.42 bits per heavy atom. The van der Waals surface area contributed by atoms with E-state index in [-0.39, 0.29) is 25.6 Å². The van der Waals surface area contributed by atoms with E-state index in [9.17, 15) is 19.5 Å². The summed E-state index contributed by atoms with van der Waals surface area (Å²) in [6.45, 7) is 3.35. The van der Waals surface area contributed by atoms with E-state index in [2.05, 4.69) is 0 Å². The van der Waals surface area contributed by atoms with Gasteiger partial charge in [-0.05, 0) is 19.4 Å². The second-order valence-corrected chi connectivity index (χ2v) is 5.06. The van der Waals surface area contributed by atoms with E-state index in [1.165, 1.54) is 0 Å². The molecule has 0 bridgehead atoms. The first kappa shape index (κ1) is 13.8. The molecular formula is C12H18N2O5. The van der Waals surface area contributed by atoms with Crippen LogP contribution in [0.3, 0.4) is 0 Å². The van der Waals surface area contributed by atoms with E-state index in [1.54, 1.807) is 4.90 Å². The van der Waals surface area contributed by atoms with Crippen LogP contribution >= 0.6 is 0 Å². The third-order valence-electron chi connectivity index (χ3n) is 3.98. The average molecular weight is 270 g/mol. The number of carboxylic acid groups (broad SMARTS) is 1. The molecule has 0 aliphatic carbocycles. The van der Waals surface area contributed by atoms with Crippen LogP contribution < -0.4 is 0 Å². The Kier molecular flexibility index (Phi) is 3.75. The van der Waals surface area contributed by atoms with E-state index < -0.39 is 17.5 Å². The van der Waals surface area contributed by atoms with Gasteiger partial charge in [-0.25, -0.2) is 9.69 Å². The molecule has 0 aromatic rings. The van der Waals surface area contributed by atoms with Gasteiger partial charge >= 0.3 is 12.1 Å². The summed E-state index contributed by atoms with van der Waals surface area (Å²) in [5.41, 5.74) is -0.758. The average Bonchev–Trinajstić information content (AvgIpc) is 2.96. The molecular weight excluding hydrogens is 252 g/mol. The van der Waals surface area contributed by atoms with Crippen molar-refractivity contribution in [1.29, 1.82) is 0 Å². The third-order valence-corrected chi connectivity index (χ3v) is 3.98. The van der Waals surface area contributed by atoms with Crippen molar-refractivity contribution in [2.24, 2.45) is 5.41 Å². The maximum atomic E-state index is 11.9. The predicted molar refractivity (Wildman–Crippen MR) is 64.5 cm³/mol. The van der Waals surface area contributed by atoms with Crippen molar-refractivity contribution in [2.75, 3.05) is 32.8 Å². The number of hydrogen-bond donors (Lipinski definition) is 1. The molecule has 0 radical (unpaired) electrons. The van der Waals surface area contributed by atoms with Gasteiger partial charge in [0.15, 0.2) is 0 Å². The van der Waals surface area contributed by atoms with Gasteiger partial charge in [0.1, 0.15) is 6.61 Å². The number of carbonyl (C=O) groups is 3. The van der Waals surface area contributed by atoms with Gasteiger partial charge in [-0.1, -0.05) is 6.92 Å². The van der Waals surface area contributed by atoms with Crippen molar-refractivity contribution < 1.29 is 24.2 Å². The van der Waals surface area contributed by atoms with Crippen molar-refractivity contribution in [3.05, 3.63) is 0 Å². The van der Waals surface area contributed by atoms with Crippen LogP contribution in [0.15, 0.2) is 0 Å². The summed E-state index contributed by atoms with van der Waals surface area (Å²) in [6.07, 6.45) is 0.471. The van der Waals surface area contributed by atoms with Crippen LogP contribution in [0, 0.1) is 5.41 Å². The van der Waals surface area contributed by atoms with E-state index in [1.807, 2.05) is 6.92 Å². The standard InChI is InChI=1S/C12H18N2O5/c1-2-12(10(16)17)3-4-13(8-12)7-9(15)14-5-6-19-11(14)18/h2-8H2,1H3,(H,16,17). The predicted octanol–water partition coefficient (Wildman–Crippen LogP) is 0.152. The fraction of sp³-hybridized carbons (Fsp3) is 0.750. The summed E-state index contributed by atoms with van der Waals surface area (Å²) >= 11 is 0. The van der Waals surface area contributed by atoms with Gasteiger partial charge in [0.2, 0.25) is 5.91 Å². The number of cyclic esters (lactones) is 1. The number of imide groups is 1. The molecule has 2 saturated heterocycles. The van der Waals surface area contributed by atoms with E-state index in [0.717, 1.165) is 4.90 Å². The molecule has 0 aromatic carbocycles. The molecule has 2 heterocycles. The van der Waals surface area contributed by atoms with Crippen LogP contribution in [0.5, 0.6) is 0 Å². The zero-order valence-corrected chi connectivity index (χ0v) is 10.9. The first-order valence-electron chi connectivity index (χ1n) is 6.41. The van der Waals surface area contributed by atoms with Crippen molar-refractivity contribution in [2.45, 2.75) is 19.8 Å². The molecule has 1 N–H and O–H groups in total. The third kappa shape index (κ3) is 2.56. The van der Waals surface area contributed by atoms with E-state index in [4.69, 9.17) is 4.74 Å². The second kappa shape index (κ2) is 5.16. The summed E-state index contributed by atoms with van der Waals surface area (Å²) in [4.78, 5) is 37.3. The van der Waals surface area contributed by atoms with Crippen LogP contribution in [-0.4, -0.2) is 65.7 Å². The van der Waals surface area contributed by atoms with Gasteiger partial charge in [0, 0.05) is 6.54 Å². The lowest BCUT2D eigenvalue weighted by Crippen LogP contribution is -2.41. The highest BCUT2D eigenvalue weighted by atomic mass is 16.6. The molecule has 2 aliphatic rings. The molecule has 2 amide bonds. The van der Waals surface area contributed by atoms with Crippen LogP contribution in [0.4, 0.5) is 4.79 Å². The second-order valence-electron chi connectivity index (χ2n) is 5.06. The minimum absolute atomic E-state index is 0.0735. The number of likely N-dealkylation sites (tertiary alicyclic amines) is 1. The molecule has 2 fully saturated rings. The highest BCUT2D eigenvalue weighted by Gasteiger charge is 2.44. The molecule has 19 heavy (non-hydrogen) atoms. The normalized spacial score (nSPS) is 27.6. The molecule has 106 valence electrons. The molecule has 0 saturated carbocycles. The number of amides is 2. The topological polar surface area (TPSA) is 87.2 Å². The number of hydrogen-bond acceptors (Lipinski definition) is 5. The number of carboxylic acids is 1. The zero-order valence-electron chi connectivity index (χ0n) is 10.9. The number of carbonyl (C=O) groups excluding carboxylic acids is 2. The Morgan fingerprint density at radius 2 is 2.16 bits per heavy atom. The number of nitrogens with zero attached hydrogens (tertiary/aromatic N) is 2. The van der Waals surface area contributed by atoms with Crippen molar-refractivity contribution in [1.82, 2.24) is 9.80 Å². The van der Waals surface area contributed by atoms with Crippen molar-refractivity contribution in [3.8, 4) is 0 Å². The smallest absolute Gasteiger partial charge is 0.416 e. The minimum Gasteiger partial charge on any atom is -0.481 e. The maximum Gasteiger partial charge on any atom is 0.416 e. The Hall–Kier alpha value is -1.63. The largest absolute Gasteiger partial charge is 0.481 e. The quantitative estimate of drug-likeness (QED) is 0.782. The maximum absolute atomic E-state index is 11.9.